The number of anilines is 2. The molecule has 1 fully saturated rings. The Morgan fingerprint density at radius 2 is 1.63 bits per heavy atom. The zero-order valence-corrected chi connectivity index (χ0v) is 34.9. The number of nitrogens with one attached hydrogen (secondary N) is 4. The summed E-state index contributed by atoms with van der Waals surface area (Å²) in [5, 5.41) is 12.6. The maximum absolute atomic E-state index is 15.7. The molecule has 0 radical (unpaired) electrons. The van der Waals surface area contributed by atoms with E-state index in [9.17, 15) is 19.2 Å². The second kappa shape index (κ2) is 19.2. The van der Waals surface area contributed by atoms with Crippen LogP contribution in [0.4, 0.5) is 25.1 Å². The summed E-state index contributed by atoms with van der Waals surface area (Å²) in [7, 11) is 5.65. The standard InChI is InChI=1S/C42H48ClF2N11O4/c1-6-27(14-17-52(3)4)40(58)54-19-21-55(22-20-54)41(59)30-11-10-28(23-33(30)43)49-39(57)38-48-24-34(53(38)5)31-13-12-29(36(44)37(31)45)32-25-56(51-26(32)2)18-16-47-42(60)50-35-9-7-8-15-46-35/h7-13,15,23-25,27H,6,14,16-22H2,1-5H3,(H,49,57)(H2,46,47,50,60)/p+1. The molecule has 15 nitrogen and oxygen atoms in total. The first kappa shape index (κ1) is 43.4. The maximum atomic E-state index is 15.7. The predicted molar refractivity (Wildman–Crippen MR) is 224 cm³/mol. The summed E-state index contributed by atoms with van der Waals surface area (Å²) >= 11 is 6.56. The molecule has 5 amide bonds. The van der Waals surface area contributed by atoms with E-state index in [-0.39, 0.29) is 64.1 Å². The number of hydrogen-bond acceptors (Lipinski definition) is 7. The zero-order valence-electron chi connectivity index (χ0n) is 34.2. The highest BCUT2D eigenvalue weighted by Gasteiger charge is 2.30. The lowest BCUT2D eigenvalue weighted by Gasteiger charge is -2.36. The van der Waals surface area contributed by atoms with E-state index in [4.69, 9.17) is 11.6 Å². The minimum absolute atomic E-state index is 0.00545. The zero-order chi connectivity index (χ0) is 43.1. The van der Waals surface area contributed by atoms with Crippen LogP contribution < -0.4 is 20.9 Å². The molecule has 18 heteroatoms. The van der Waals surface area contributed by atoms with Crippen LogP contribution >= 0.6 is 11.6 Å². The van der Waals surface area contributed by atoms with Crippen molar-refractivity contribution < 1.29 is 32.9 Å². The molecule has 1 saturated heterocycles. The Bertz CT molecular complexity index is 2360. The van der Waals surface area contributed by atoms with Crippen molar-refractivity contribution in [1.82, 2.24) is 39.4 Å². The summed E-state index contributed by atoms with van der Waals surface area (Å²) in [5.41, 5.74) is 1.44. The van der Waals surface area contributed by atoms with Crippen LogP contribution in [0.1, 0.15) is 46.4 Å². The fraction of sp³-hybridized carbons (Fsp3) is 0.357. The van der Waals surface area contributed by atoms with E-state index in [2.05, 4.69) is 45.1 Å². The van der Waals surface area contributed by atoms with Crippen LogP contribution in [0.5, 0.6) is 0 Å². The lowest BCUT2D eigenvalue weighted by Crippen LogP contribution is -3.05. The van der Waals surface area contributed by atoms with Crippen molar-refractivity contribution in [1.29, 1.82) is 0 Å². The number of imidazole rings is 1. The summed E-state index contributed by atoms with van der Waals surface area (Å²) in [5.74, 6) is -2.74. The van der Waals surface area contributed by atoms with Crippen LogP contribution in [-0.4, -0.2) is 111 Å². The summed E-state index contributed by atoms with van der Waals surface area (Å²) in [6.45, 7) is 6.73. The van der Waals surface area contributed by atoms with Gasteiger partial charge in [-0.3, -0.25) is 24.4 Å². The van der Waals surface area contributed by atoms with Crippen molar-refractivity contribution in [2.24, 2.45) is 13.0 Å². The number of piperazine rings is 1. The van der Waals surface area contributed by atoms with Crippen molar-refractivity contribution in [3.8, 4) is 22.4 Å². The van der Waals surface area contributed by atoms with Gasteiger partial charge in [0, 0.05) is 86.9 Å². The third-order valence-electron chi connectivity index (χ3n) is 10.5. The van der Waals surface area contributed by atoms with Crippen LogP contribution in [0.2, 0.25) is 5.02 Å². The largest absolute Gasteiger partial charge is 0.340 e. The van der Waals surface area contributed by atoms with Gasteiger partial charge in [-0.1, -0.05) is 30.7 Å². The van der Waals surface area contributed by atoms with Crippen LogP contribution in [0.3, 0.4) is 0 Å². The molecule has 0 spiro atoms. The predicted octanol–water partition coefficient (Wildman–Crippen LogP) is 4.50. The molecule has 2 aromatic carbocycles. The second-order valence-corrected chi connectivity index (χ2v) is 15.3. The molecule has 60 heavy (non-hydrogen) atoms. The molecule has 0 saturated carbocycles. The van der Waals surface area contributed by atoms with Gasteiger partial charge in [0.1, 0.15) is 5.82 Å². The number of pyridine rings is 1. The van der Waals surface area contributed by atoms with Crippen molar-refractivity contribution in [3.63, 3.8) is 0 Å². The van der Waals surface area contributed by atoms with Gasteiger partial charge in [-0.2, -0.15) is 5.10 Å². The molecule has 5 aromatic rings. The number of aryl methyl sites for hydroxylation is 1. The Morgan fingerprint density at radius 3 is 2.32 bits per heavy atom. The molecule has 6 rings (SSSR count). The van der Waals surface area contributed by atoms with Gasteiger partial charge in [0.15, 0.2) is 17.5 Å². The summed E-state index contributed by atoms with van der Waals surface area (Å²) in [6, 6.07) is 12.1. The molecular formula is C42H49ClF2N11O4+. The van der Waals surface area contributed by atoms with E-state index in [0.29, 0.717) is 48.9 Å². The van der Waals surface area contributed by atoms with Gasteiger partial charge < -0.3 is 29.9 Å². The van der Waals surface area contributed by atoms with Gasteiger partial charge in [-0.05, 0) is 49.7 Å². The minimum atomic E-state index is -1.13. The minimum Gasteiger partial charge on any atom is -0.340 e. The summed E-state index contributed by atoms with van der Waals surface area (Å²) < 4.78 is 34.3. The Kier molecular flexibility index (Phi) is 13.9. The smallest absolute Gasteiger partial charge is 0.320 e. The molecule has 4 heterocycles. The summed E-state index contributed by atoms with van der Waals surface area (Å²) in [4.78, 5) is 65.2. The van der Waals surface area contributed by atoms with Crippen LogP contribution in [0.25, 0.3) is 22.4 Å². The number of benzene rings is 2. The molecule has 1 aliphatic heterocycles. The fourth-order valence-corrected chi connectivity index (χ4v) is 7.34. The Hall–Kier alpha value is -6.20. The first-order chi connectivity index (χ1) is 28.7. The quantitative estimate of drug-likeness (QED) is 0.128. The number of amides is 5. The summed E-state index contributed by atoms with van der Waals surface area (Å²) in [6.07, 6.45) is 6.00. The highest BCUT2D eigenvalue weighted by atomic mass is 35.5. The van der Waals surface area contributed by atoms with Gasteiger partial charge in [-0.25, -0.2) is 23.5 Å². The third-order valence-corrected chi connectivity index (χ3v) is 10.8. The van der Waals surface area contributed by atoms with E-state index in [1.807, 2.05) is 11.8 Å². The number of aromatic nitrogens is 5. The molecule has 316 valence electrons. The van der Waals surface area contributed by atoms with E-state index in [0.717, 1.165) is 19.4 Å². The Balaban J connectivity index is 1.06. The number of halogens is 3. The topological polar surface area (TPSA) is 164 Å². The van der Waals surface area contributed by atoms with Gasteiger partial charge in [0.25, 0.3) is 11.8 Å². The van der Waals surface area contributed by atoms with E-state index in [1.54, 1.807) is 48.5 Å². The molecular weight excluding hydrogens is 796 g/mol. The number of quaternary nitrogens is 1. The molecule has 3 aromatic heterocycles. The average Bonchev–Trinajstić information content (AvgIpc) is 3.80. The van der Waals surface area contributed by atoms with Gasteiger partial charge in [0.2, 0.25) is 5.91 Å². The van der Waals surface area contributed by atoms with Crippen molar-refractivity contribution in [3.05, 3.63) is 101 Å². The number of carbonyl (C=O) groups excluding carboxylic acids is 4. The molecule has 1 aliphatic rings. The van der Waals surface area contributed by atoms with E-state index < -0.39 is 23.6 Å². The molecule has 1 unspecified atom stereocenters. The number of rotatable bonds is 14. The van der Waals surface area contributed by atoms with Crippen molar-refractivity contribution >= 4 is 46.9 Å². The van der Waals surface area contributed by atoms with Crippen molar-refractivity contribution in [2.45, 2.75) is 33.2 Å². The Labute approximate surface area is 351 Å². The van der Waals surface area contributed by atoms with Gasteiger partial charge >= 0.3 is 6.03 Å². The first-order valence-electron chi connectivity index (χ1n) is 19.7. The lowest BCUT2D eigenvalue weighted by atomic mass is 10.00. The maximum Gasteiger partial charge on any atom is 0.320 e. The fourth-order valence-electron chi connectivity index (χ4n) is 7.08. The average molecular weight is 845 g/mol. The van der Waals surface area contributed by atoms with Gasteiger partial charge in [-0.15, -0.1) is 0 Å². The van der Waals surface area contributed by atoms with Gasteiger partial charge in [0.05, 0.1) is 55.4 Å². The number of hydrogen-bond donors (Lipinski definition) is 4. The van der Waals surface area contributed by atoms with Crippen LogP contribution in [0, 0.1) is 24.5 Å². The Morgan fingerprint density at radius 1 is 0.917 bits per heavy atom. The molecule has 0 aliphatic carbocycles. The first-order valence-corrected chi connectivity index (χ1v) is 20.1. The molecule has 1 atom stereocenters. The van der Waals surface area contributed by atoms with Crippen LogP contribution in [-0.2, 0) is 18.4 Å². The second-order valence-electron chi connectivity index (χ2n) is 14.9. The lowest BCUT2D eigenvalue weighted by molar-refractivity contribution is -0.858. The third kappa shape index (κ3) is 9.97. The SMILES string of the molecule is CCC(CC[NH+](C)C)C(=O)N1CCN(C(=O)c2ccc(NC(=O)c3ncc(-c4ccc(-c5cn(CCNC(=O)Nc6ccccn6)nc5C)c(F)c4F)n3C)cc2Cl)CC1. The monoisotopic (exact) mass is 844 g/mol. The van der Waals surface area contributed by atoms with Crippen LogP contribution in [0.15, 0.2) is 67.1 Å². The highest BCUT2D eigenvalue weighted by Crippen LogP contribution is 2.33. The highest BCUT2D eigenvalue weighted by molar-refractivity contribution is 6.34. The van der Waals surface area contributed by atoms with E-state index in [1.165, 1.54) is 51.7 Å². The molecule has 4 N–H and O–H groups in total. The van der Waals surface area contributed by atoms with E-state index >= 15 is 8.78 Å². The number of nitrogens with zero attached hydrogens (tertiary/aromatic N) is 7. The number of urea groups is 1. The molecule has 0 bridgehead atoms. The normalized spacial score (nSPS) is 13.3. The number of carbonyl (C=O) groups is 4. The van der Waals surface area contributed by atoms with Crippen molar-refractivity contribution in [2.75, 3.05) is 64.0 Å².